The summed E-state index contributed by atoms with van der Waals surface area (Å²) in [5, 5.41) is 3.25. The molecule has 1 atom stereocenters. The van der Waals surface area contributed by atoms with Gasteiger partial charge >= 0.3 is 0 Å². The molecular weight excluding hydrogens is 298 g/mol. The maximum atomic E-state index is 13.0. The maximum absolute atomic E-state index is 13.0. The van der Waals surface area contributed by atoms with Gasteiger partial charge in [-0.1, -0.05) is 18.2 Å². The average Bonchev–Trinajstić information content (AvgIpc) is 2.47. The van der Waals surface area contributed by atoms with Gasteiger partial charge in [0, 0.05) is 44.2 Å². The van der Waals surface area contributed by atoms with Gasteiger partial charge in [0.25, 0.3) is 0 Å². The first-order valence-electron chi connectivity index (χ1n) is 7.17. The molecule has 1 aliphatic heterocycles. The molecule has 0 spiro atoms. The SMILES string of the molecule is CCOc1ccccc1[C@@H](CC(F)F)N1CCNCC1.Cl. The largest absolute Gasteiger partial charge is 0.494 e. The third kappa shape index (κ3) is 5.09. The molecule has 0 amide bonds. The molecule has 0 unspecified atom stereocenters. The Labute approximate surface area is 131 Å². The van der Waals surface area contributed by atoms with Crippen LogP contribution in [0, 0.1) is 0 Å². The van der Waals surface area contributed by atoms with Crippen molar-refractivity contribution in [2.24, 2.45) is 0 Å². The molecule has 1 saturated heterocycles. The molecule has 0 saturated carbocycles. The lowest BCUT2D eigenvalue weighted by atomic mass is 10.00. The molecule has 1 aliphatic rings. The fourth-order valence-corrected chi connectivity index (χ4v) is 2.68. The third-order valence-electron chi connectivity index (χ3n) is 3.57. The summed E-state index contributed by atoms with van der Waals surface area (Å²) in [6.07, 6.45) is -2.46. The summed E-state index contributed by atoms with van der Waals surface area (Å²) in [5.41, 5.74) is 0.872. The van der Waals surface area contributed by atoms with Crippen LogP contribution in [-0.4, -0.2) is 44.1 Å². The minimum absolute atomic E-state index is 0. The molecule has 2 rings (SSSR count). The Balaban J connectivity index is 0.00000220. The summed E-state index contributed by atoms with van der Waals surface area (Å²) in [6.45, 7) is 5.71. The predicted octanol–water partition coefficient (Wildman–Crippen LogP) is 3.11. The Kier molecular flexibility index (Phi) is 7.93. The van der Waals surface area contributed by atoms with Crippen molar-refractivity contribution in [3.63, 3.8) is 0 Å². The molecule has 3 nitrogen and oxygen atoms in total. The van der Waals surface area contributed by atoms with Crippen molar-refractivity contribution in [1.82, 2.24) is 10.2 Å². The topological polar surface area (TPSA) is 24.5 Å². The highest BCUT2D eigenvalue weighted by atomic mass is 35.5. The summed E-state index contributed by atoms with van der Waals surface area (Å²) in [7, 11) is 0. The van der Waals surface area contributed by atoms with Crippen molar-refractivity contribution in [3.8, 4) is 5.75 Å². The molecule has 21 heavy (non-hydrogen) atoms. The van der Waals surface area contributed by atoms with E-state index in [1.54, 1.807) is 0 Å². The molecule has 1 heterocycles. The van der Waals surface area contributed by atoms with Gasteiger partial charge in [-0.25, -0.2) is 8.78 Å². The second-order valence-electron chi connectivity index (χ2n) is 4.90. The smallest absolute Gasteiger partial charge is 0.240 e. The Morgan fingerprint density at radius 3 is 2.52 bits per heavy atom. The van der Waals surface area contributed by atoms with Gasteiger partial charge in [-0.05, 0) is 13.0 Å². The second-order valence-corrected chi connectivity index (χ2v) is 4.90. The van der Waals surface area contributed by atoms with Gasteiger partial charge < -0.3 is 10.1 Å². The minimum Gasteiger partial charge on any atom is -0.494 e. The number of benzene rings is 1. The van der Waals surface area contributed by atoms with E-state index >= 15 is 0 Å². The van der Waals surface area contributed by atoms with Crippen LogP contribution >= 0.6 is 12.4 Å². The van der Waals surface area contributed by atoms with Crippen molar-refractivity contribution in [1.29, 1.82) is 0 Å². The van der Waals surface area contributed by atoms with Crippen LogP contribution in [0.15, 0.2) is 24.3 Å². The number of rotatable bonds is 6. The summed E-state index contributed by atoms with van der Waals surface area (Å²) in [6, 6.07) is 7.25. The molecule has 120 valence electrons. The van der Waals surface area contributed by atoms with E-state index in [0.29, 0.717) is 6.61 Å². The highest BCUT2D eigenvalue weighted by Crippen LogP contribution is 2.33. The van der Waals surface area contributed by atoms with Crippen LogP contribution in [0.5, 0.6) is 5.75 Å². The normalized spacial score (nSPS) is 17.3. The van der Waals surface area contributed by atoms with E-state index < -0.39 is 6.43 Å². The number of alkyl halides is 2. The fraction of sp³-hybridized carbons (Fsp3) is 0.600. The van der Waals surface area contributed by atoms with Crippen LogP contribution in [0.3, 0.4) is 0 Å². The van der Waals surface area contributed by atoms with Gasteiger partial charge in [0.1, 0.15) is 5.75 Å². The van der Waals surface area contributed by atoms with Crippen molar-refractivity contribution in [3.05, 3.63) is 29.8 Å². The van der Waals surface area contributed by atoms with Gasteiger partial charge in [-0.2, -0.15) is 0 Å². The lowest BCUT2D eigenvalue weighted by Crippen LogP contribution is -2.45. The Hall–Kier alpha value is -0.910. The number of halogens is 3. The Morgan fingerprint density at radius 2 is 1.90 bits per heavy atom. The number of nitrogens with zero attached hydrogens (tertiary/aromatic N) is 1. The van der Waals surface area contributed by atoms with E-state index in [4.69, 9.17) is 4.74 Å². The zero-order valence-corrected chi connectivity index (χ0v) is 13.0. The van der Waals surface area contributed by atoms with Gasteiger partial charge in [0.2, 0.25) is 6.43 Å². The number of ether oxygens (including phenoxy) is 1. The summed E-state index contributed by atoms with van der Waals surface area (Å²) in [5.74, 6) is 0.721. The van der Waals surface area contributed by atoms with Gasteiger partial charge in [-0.15, -0.1) is 12.4 Å². The summed E-state index contributed by atoms with van der Waals surface area (Å²) >= 11 is 0. The lowest BCUT2D eigenvalue weighted by Gasteiger charge is -2.35. The van der Waals surface area contributed by atoms with Crippen LogP contribution in [-0.2, 0) is 0 Å². The lowest BCUT2D eigenvalue weighted by molar-refractivity contribution is 0.0727. The van der Waals surface area contributed by atoms with E-state index in [-0.39, 0.29) is 24.9 Å². The van der Waals surface area contributed by atoms with E-state index in [9.17, 15) is 8.78 Å². The number of hydrogen-bond donors (Lipinski definition) is 1. The van der Waals surface area contributed by atoms with Crippen LogP contribution < -0.4 is 10.1 Å². The highest BCUT2D eigenvalue weighted by Gasteiger charge is 2.27. The molecule has 0 aromatic heterocycles. The van der Waals surface area contributed by atoms with Crippen LogP contribution in [0.1, 0.15) is 24.9 Å². The quantitative estimate of drug-likeness (QED) is 0.871. The Bertz CT molecular complexity index is 414. The number of para-hydroxylation sites is 1. The second kappa shape index (κ2) is 9.18. The monoisotopic (exact) mass is 320 g/mol. The molecule has 0 radical (unpaired) electrons. The number of hydrogen-bond acceptors (Lipinski definition) is 3. The van der Waals surface area contributed by atoms with Crippen molar-refractivity contribution < 1.29 is 13.5 Å². The number of piperazine rings is 1. The van der Waals surface area contributed by atoms with Gasteiger partial charge in [-0.3, -0.25) is 4.90 Å². The first-order chi connectivity index (χ1) is 9.72. The molecular formula is C15H23ClF2N2O. The molecule has 1 N–H and O–H groups in total. The van der Waals surface area contributed by atoms with Gasteiger partial charge in [0.15, 0.2) is 0 Å². The zero-order chi connectivity index (χ0) is 14.4. The average molecular weight is 321 g/mol. The van der Waals surface area contributed by atoms with E-state index in [1.165, 1.54) is 0 Å². The first kappa shape index (κ1) is 18.1. The molecule has 0 bridgehead atoms. The molecule has 6 heteroatoms. The molecule has 1 fully saturated rings. The molecule has 0 aliphatic carbocycles. The van der Waals surface area contributed by atoms with Crippen LogP contribution in [0.2, 0.25) is 0 Å². The van der Waals surface area contributed by atoms with Gasteiger partial charge in [0.05, 0.1) is 6.61 Å². The van der Waals surface area contributed by atoms with Crippen LogP contribution in [0.4, 0.5) is 8.78 Å². The first-order valence-corrected chi connectivity index (χ1v) is 7.17. The minimum atomic E-state index is -2.32. The van der Waals surface area contributed by atoms with E-state index in [1.807, 2.05) is 31.2 Å². The standard InChI is InChI=1S/C15H22F2N2O.ClH/c1-2-20-14-6-4-3-5-12(14)13(11-15(16)17)19-9-7-18-8-10-19;/h3-6,13,15,18H,2,7-11H2,1H3;1H/t13-;/m1./s1. The fourth-order valence-electron chi connectivity index (χ4n) is 2.68. The van der Waals surface area contributed by atoms with Crippen molar-refractivity contribution in [2.45, 2.75) is 25.8 Å². The van der Waals surface area contributed by atoms with Crippen LogP contribution in [0.25, 0.3) is 0 Å². The van der Waals surface area contributed by atoms with E-state index in [2.05, 4.69) is 10.2 Å². The summed E-state index contributed by atoms with van der Waals surface area (Å²) < 4.78 is 31.5. The highest BCUT2D eigenvalue weighted by molar-refractivity contribution is 5.85. The third-order valence-corrected chi connectivity index (χ3v) is 3.57. The van der Waals surface area contributed by atoms with Crippen molar-refractivity contribution in [2.75, 3.05) is 32.8 Å². The number of nitrogens with one attached hydrogen (secondary N) is 1. The molecule has 1 aromatic carbocycles. The summed E-state index contributed by atoms with van der Waals surface area (Å²) in [4.78, 5) is 2.13. The zero-order valence-electron chi connectivity index (χ0n) is 12.2. The van der Waals surface area contributed by atoms with E-state index in [0.717, 1.165) is 37.5 Å². The predicted molar refractivity (Wildman–Crippen MR) is 82.7 cm³/mol. The Morgan fingerprint density at radius 1 is 1.24 bits per heavy atom. The maximum Gasteiger partial charge on any atom is 0.240 e. The van der Waals surface area contributed by atoms with Crippen molar-refractivity contribution >= 4 is 12.4 Å². The molecule has 1 aromatic rings.